The summed E-state index contributed by atoms with van der Waals surface area (Å²) >= 11 is 0. The van der Waals surface area contributed by atoms with Gasteiger partial charge in [0.1, 0.15) is 0 Å². The first-order chi connectivity index (χ1) is 9.10. The van der Waals surface area contributed by atoms with E-state index in [9.17, 15) is 4.79 Å². The highest BCUT2D eigenvalue weighted by molar-refractivity contribution is 5.43. The van der Waals surface area contributed by atoms with Gasteiger partial charge in [0.25, 0.3) is 5.56 Å². The Bertz CT molecular complexity index is 523. The maximum Gasteiger partial charge on any atom is 0.268 e. The van der Waals surface area contributed by atoms with Crippen LogP contribution in [0.25, 0.3) is 0 Å². The predicted octanol–water partition coefficient (Wildman–Crippen LogP) is 1.64. The third-order valence-corrected chi connectivity index (χ3v) is 3.67. The third kappa shape index (κ3) is 3.34. The molecule has 1 aliphatic rings. The van der Waals surface area contributed by atoms with Crippen molar-refractivity contribution in [2.24, 2.45) is 11.8 Å². The first-order valence-electron chi connectivity index (χ1n) is 6.82. The van der Waals surface area contributed by atoms with Crippen LogP contribution >= 0.6 is 0 Å². The number of hydrogen-bond donors (Lipinski definition) is 0. The number of nitrogens with zero attached hydrogens (tertiary/aromatic N) is 4. The molecule has 0 spiro atoms. The average Bonchev–Trinajstić information content (AvgIpc) is 2.41. The Kier molecular flexibility index (Phi) is 4.20. The number of piperidine rings is 1. The van der Waals surface area contributed by atoms with E-state index in [0.29, 0.717) is 6.54 Å². The lowest BCUT2D eigenvalue weighted by molar-refractivity contribution is 0.436. The number of anilines is 1. The minimum atomic E-state index is -0.202. The third-order valence-electron chi connectivity index (χ3n) is 3.67. The van der Waals surface area contributed by atoms with Gasteiger partial charge < -0.3 is 4.90 Å². The molecule has 1 aliphatic heterocycles. The van der Waals surface area contributed by atoms with E-state index in [1.807, 2.05) is 0 Å². The van der Waals surface area contributed by atoms with Crippen molar-refractivity contribution in [2.75, 3.05) is 18.0 Å². The highest BCUT2D eigenvalue weighted by atomic mass is 16.1. The Labute approximate surface area is 113 Å². The Morgan fingerprint density at radius 2 is 2.21 bits per heavy atom. The monoisotopic (exact) mass is 260 g/mol. The van der Waals surface area contributed by atoms with Crippen molar-refractivity contribution in [2.45, 2.75) is 33.2 Å². The van der Waals surface area contributed by atoms with Gasteiger partial charge in [-0.05, 0) is 25.7 Å². The first kappa shape index (κ1) is 13.6. The van der Waals surface area contributed by atoms with Gasteiger partial charge in [-0.15, -0.1) is 0 Å². The molecule has 102 valence electrons. The van der Waals surface area contributed by atoms with Crippen molar-refractivity contribution in [3.8, 4) is 6.07 Å². The van der Waals surface area contributed by atoms with Crippen LogP contribution in [-0.4, -0.2) is 22.9 Å². The van der Waals surface area contributed by atoms with Crippen LogP contribution in [0.1, 0.15) is 26.7 Å². The fourth-order valence-electron chi connectivity index (χ4n) is 2.30. The van der Waals surface area contributed by atoms with E-state index in [1.54, 1.807) is 19.2 Å². The van der Waals surface area contributed by atoms with Crippen LogP contribution in [0.4, 0.5) is 5.69 Å². The van der Waals surface area contributed by atoms with Crippen molar-refractivity contribution in [3.05, 3.63) is 22.6 Å². The molecule has 5 heteroatoms. The summed E-state index contributed by atoms with van der Waals surface area (Å²) in [4.78, 5) is 14.2. The fraction of sp³-hybridized carbons (Fsp3) is 0.643. The summed E-state index contributed by atoms with van der Waals surface area (Å²) in [5.41, 5.74) is 0.774. The number of aromatic nitrogens is 2. The molecule has 2 rings (SSSR count). The summed E-state index contributed by atoms with van der Waals surface area (Å²) in [6.45, 7) is 6.37. The van der Waals surface area contributed by atoms with E-state index < -0.39 is 0 Å². The smallest absolute Gasteiger partial charge is 0.268 e. The lowest BCUT2D eigenvalue weighted by Crippen LogP contribution is -2.34. The van der Waals surface area contributed by atoms with Gasteiger partial charge >= 0.3 is 0 Å². The van der Waals surface area contributed by atoms with E-state index in [0.717, 1.165) is 37.5 Å². The molecule has 1 saturated heterocycles. The van der Waals surface area contributed by atoms with Gasteiger partial charge in [-0.2, -0.15) is 10.4 Å². The Hall–Kier alpha value is -1.83. The molecule has 0 saturated carbocycles. The lowest BCUT2D eigenvalue weighted by atomic mass is 9.99. The molecule has 2 heterocycles. The standard InChI is InChI=1S/C14H20N4O/c1-11-3-5-17(6-4-11)13-7-14(19)18(16-9-13)10-12(2)8-15/h7,9,11-12H,3-6,10H2,1-2H3. The zero-order valence-corrected chi connectivity index (χ0v) is 11.5. The maximum absolute atomic E-state index is 12.0. The molecule has 5 nitrogen and oxygen atoms in total. The molecule has 1 atom stereocenters. The highest BCUT2D eigenvalue weighted by Crippen LogP contribution is 2.20. The summed E-state index contributed by atoms with van der Waals surface area (Å²) < 4.78 is 1.37. The Balaban J connectivity index is 2.11. The van der Waals surface area contributed by atoms with Crippen LogP contribution < -0.4 is 10.5 Å². The van der Waals surface area contributed by atoms with Crippen molar-refractivity contribution in [1.82, 2.24) is 9.78 Å². The van der Waals surface area contributed by atoms with E-state index >= 15 is 0 Å². The summed E-state index contributed by atoms with van der Waals surface area (Å²) in [7, 11) is 0. The van der Waals surface area contributed by atoms with Crippen LogP contribution in [0.3, 0.4) is 0 Å². The molecule has 0 aromatic carbocycles. The van der Waals surface area contributed by atoms with Crippen LogP contribution in [-0.2, 0) is 6.54 Å². The van der Waals surface area contributed by atoms with Crippen molar-refractivity contribution < 1.29 is 0 Å². The zero-order valence-electron chi connectivity index (χ0n) is 11.5. The minimum absolute atomic E-state index is 0.127. The number of rotatable bonds is 3. The maximum atomic E-state index is 12.0. The van der Waals surface area contributed by atoms with Gasteiger partial charge in [0.05, 0.1) is 30.4 Å². The van der Waals surface area contributed by atoms with E-state index in [4.69, 9.17) is 5.26 Å². The SMILES string of the molecule is CC(C#N)Cn1ncc(N2CCC(C)CC2)cc1=O. The summed E-state index contributed by atoms with van der Waals surface area (Å²) in [6.07, 6.45) is 4.06. The molecule has 0 N–H and O–H groups in total. The summed E-state index contributed by atoms with van der Waals surface area (Å²) in [5.74, 6) is 0.563. The molecule has 19 heavy (non-hydrogen) atoms. The van der Waals surface area contributed by atoms with E-state index in [-0.39, 0.29) is 11.5 Å². The van der Waals surface area contributed by atoms with Gasteiger partial charge in [-0.3, -0.25) is 4.79 Å². The van der Waals surface area contributed by atoms with Crippen molar-refractivity contribution in [3.63, 3.8) is 0 Å². The topological polar surface area (TPSA) is 61.9 Å². The molecule has 0 bridgehead atoms. The van der Waals surface area contributed by atoms with Crippen LogP contribution in [0.2, 0.25) is 0 Å². The van der Waals surface area contributed by atoms with Crippen molar-refractivity contribution >= 4 is 5.69 Å². The highest BCUT2D eigenvalue weighted by Gasteiger charge is 2.17. The molecule has 1 unspecified atom stereocenters. The molecule has 1 fully saturated rings. The molecule has 1 aromatic rings. The normalized spacial score (nSPS) is 18.1. The summed E-state index contributed by atoms with van der Waals surface area (Å²) in [5, 5.41) is 12.9. The van der Waals surface area contributed by atoms with Crippen LogP contribution in [0, 0.1) is 23.2 Å². The molecular weight excluding hydrogens is 240 g/mol. The number of hydrogen-bond acceptors (Lipinski definition) is 4. The largest absolute Gasteiger partial charge is 0.370 e. The van der Waals surface area contributed by atoms with Crippen LogP contribution in [0.15, 0.2) is 17.1 Å². The lowest BCUT2D eigenvalue weighted by Gasteiger charge is -2.31. The second-order valence-corrected chi connectivity index (χ2v) is 5.43. The Morgan fingerprint density at radius 1 is 1.53 bits per heavy atom. The van der Waals surface area contributed by atoms with Crippen molar-refractivity contribution in [1.29, 1.82) is 5.26 Å². The van der Waals surface area contributed by atoms with Gasteiger partial charge in [-0.25, -0.2) is 4.68 Å². The molecule has 0 aliphatic carbocycles. The summed E-state index contributed by atoms with van der Waals surface area (Å²) in [6, 6.07) is 3.75. The minimum Gasteiger partial charge on any atom is -0.370 e. The quantitative estimate of drug-likeness (QED) is 0.829. The molecule has 1 aromatic heterocycles. The number of nitriles is 1. The van der Waals surface area contributed by atoms with Gasteiger partial charge in [-0.1, -0.05) is 6.92 Å². The molecule has 0 amide bonds. The van der Waals surface area contributed by atoms with Gasteiger partial charge in [0.2, 0.25) is 0 Å². The van der Waals surface area contributed by atoms with Gasteiger partial charge in [0.15, 0.2) is 0 Å². The van der Waals surface area contributed by atoms with E-state index in [2.05, 4.69) is 23.0 Å². The van der Waals surface area contributed by atoms with Crippen LogP contribution in [0.5, 0.6) is 0 Å². The zero-order chi connectivity index (χ0) is 13.8. The molecule has 0 radical (unpaired) electrons. The van der Waals surface area contributed by atoms with Gasteiger partial charge in [0, 0.05) is 19.2 Å². The Morgan fingerprint density at radius 3 is 2.79 bits per heavy atom. The average molecular weight is 260 g/mol. The second kappa shape index (κ2) is 5.87. The predicted molar refractivity (Wildman–Crippen MR) is 73.9 cm³/mol. The second-order valence-electron chi connectivity index (χ2n) is 5.43. The van der Waals surface area contributed by atoms with E-state index in [1.165, 1.54) is 4.68 Å². The fourth-order valence-corrected chi connectivity index (χ4v) is 2.30. The molecular formula is C14H20N4O. The first-order valence-corrected chi connectivity index (χ1v) is 6.82.